The first kappa shape index (κ1) is 20.7. The minimum absolute atomic E-state index is 0.136. The highest BCUT2D eigenvalue weighted by atomic mass is 79.9. The summed E-state index contributed by atoms with van der Waals surface area (Å²) in [6.45, 7) is 3.96. The minimum Gasteiger partial charge on any atom is -0.508 e. The molecule has 6 nitrogen and oxygen atoms in total. The van der Waals surface area contributed by atoms with Crippen LogP contribution in [0.25, 0.3) is 0 Å². The number of hydrogen-bond donors (Lipinski definition) is 3. The van der Waals surface area contributed by atoms with Gasteiger partial charge in [0.2, 0.25) is 5.91 Å². The van der Waals surface area contributed by atoms with Gasteiger partial charge in [0, 0.05) is 11.3 Å². The molecule has 0 aliphatic heterocycles. The number of amides is 1. The van der Waals surface area contributed by atoms with Crippen LogP contribution in [0, 0.1) is 5.41 Å². The summed E-state index contributed by atoms with van der Waals surface area (Å²) in [5, 5.41) is 21.8. The molecule has 0 unspecified atom stereocenters. The highest BCUT2D eigenvalue weighted by Gasteiger charge is 2.57. The van der Waals surface area contributed by atoms with E-state index in [1.54, 1.807) is 30.3 Å². The second-order valence-electron chi connectivity index (χ2n) is 7.09. The summed E-state index contributed by atoms with van der Waals surface area (Å²) in [5.74, 6) is -0.216. The van der Waals surface area contributed by atoms with E-state index in [0.717, 1.165) is 5.56 Å². The van der Waals surface area contributed by atoms with Gasteiger partial charge in [-0.15, -0.1) is 0 Å². The summed E-state index contributed by atoms with van der Waals surface area (Å²) in [6, 6.07) is 8.33. The summed E-state index contributed by atoms with van der Waals surface area (Å²) in [4.78, 5) is 23.6. The molecule has 3 N–H and O–H groups in total. The highest BCUT2D eigenvalue weighted by Crippen LogP contribution is 2.47. The number of aliphatic carboxylic acids is 1. The third-order valence-electron chi connectivity index (χ3n) is 4.69. The number of anilines is 1. The third kappa shape index (κ3) is 4.03. The van der Waals surface area contributed by atoms with Crippen molar-refractivity contribution in [3.8, 4) is 17.2 Å². The number of carboxylic acids is 1. The first-order valence-corrected chi connectivity index (χ1v) is 10.3. The number of rotatable bonds is 6. The number of nitrogens with one attached hydrogen (secondary N) is 1. The molecule has 0 aromatic heterocycles. The molecule has 0 spiro atoms. The normalized spacial score (nSPS) is 14.6. The molecule has 0 heterocycles. The van der Waals surface area contributed by atoms with Gasteiger partial charge in [0.05, 0.1) is 8.95 Å². The zero-order valence-electron chi connectivity index (χ0n) is 15.3. The van der Waals surface area contributed by atoms with Crippen LogP contribution in [0.2, 0.25) is 0 Å². The lowest BCUT2D eigenvalue weighted by molar-refractivity contribution is -0.147. The number of halogens is 2. The predicted molar refractivity (Wildman–Crippen MR) is 112 cm³/mol. The van der Waals surface area contributed by atoms with Gasteiger partial charge in [-0.25, -0.2) is 0 Å². The van der Waals surface area contributed by atoms with Gasteiger partial charge in [-0.1, -0.05) is 13.8 Å². The summed E-state index contributed by atoms with van der Waals surface area (Å²) in [7, 11) is 0. The average Bonchev–Trinajstić information content (AvgIpc) is 3.41. The van der Waals surface area contributed by atoms with Crippen LogP contribution in [0.4, 0.5) is 5.69 Å². The molecule has 2 aromatic rings. The number of carbonyl (C=O) groups is 2. The van der Waals surface area contributed by atoms with E-state index in [0.29, 0.717) is 39.0 Å². The lowest BCUT2D eigenvalue weighted by Gasteiger charge is -2.16. The quantitative estimate of drug-likeness (QED) is 0.435. The van der Waals surface area contributed by atoms with E-state index in [9.17, 15) is 19.8 Å². The Balaban J connectivity index is 1.82. The van der Waals surface area contributed by atoms with Crippen molar-refractivity contribution in [3.63, 3.8) is 0 Å². The fraction of sp³-hybridized carbons (Fsp3) is 0.300. The van der Waals surface area contributed by atoms with E-state index >= 15 is 0 Å². The number of aromatic hydroxyl groups is 1. The molecule has 1 fully saturated rings. The van der Waals surface area contributed by atoms with Gasteiger partial charge in [0.15, 0.2) is 5.75 Å². The number of carboxylic acid groups (broad SMARTS) is 1. The average molecular weight is 513 g/mol. The summed E-state index contributed by atoms with van der Waals surface area (Å²) in [6.07, 6.45) is 0.688. The van der Waals surface area contributed by atoms with Crippen molar-refractivity contribution < 1.29 is 24.5 Å². The zero-order chi connectivity index (χ0) is 20.6. The van der Waals surface area contributed by atoms with Crippen molar-refractivity contribution in [2.45, 2.75) is 32.6 Å². The summed E-state index contributed by atoms with van der Waals surface area (Å²) < 4.78 is 7.11. The van der Waals surface area contributed by atoms with Crippen molar-refractivity contribution in [2.75, 3.05) is 5.32 Å². The Bertz CT molecular complexity index is 931. The Hall–Kier alpha value is -2.06. The topological polar surface area (TPSA) is 95.9 Å². The molecule has 0 saturated heterocycles. The minimum atomic E-state index is -1.31. The Labute approximate surface area is 179 Å². The molecule has 3 rings (SSSR count). The van der Waals surface area contributed by atoms with Crippen LogP contribution in [-0.2, 0) is 9.59 Å². The van der Waals surface area contributed by atoms with Gasteiger partial charge in [-0.3, -0.25) is 9.59 Å². The van der Waals surface area contributed by atoms with Crippen molar-refractivity contribution in [3.05, 3.63) is 44.8 Å². The molecule has 1 saturated carbocycles. The second kappa shape index (κ2) is 7.75. The maximum absolute atomic E-state index is 12.3. The van der Waals surface area contributed by atoms with Gasteiger partial charge in [0.25, 0.3) is 0 Å². The SMILES string of the molecule is CC(C)c1cc(Oc2c(Br)cc(NC(=O)C3(C(=O)O)CC3)cc2Br)ccc1O. The van der Waals surface area contributed by atoms with Crippen molar-refractivity contribution in [2.24, 2.45) is 5.41 Å². The largest absolute Gasteiger partial charge is 0.508 e. The van der Waals surface area contributed by atoms with Crippen LogP contribution in [0.15, 0.2) is 39.3 Å². The van der Waals surface area contributed by atoms with E-state index in [-0.39, 0.29) is 11.7 Å². The molecular formula is C20H19Br2NO5. The monoisotopic (exact) mass is 511 g/mol. The second-order valence-corrected chi connectivity index (χ2v) is 8.80. The van der Waals surface area contributed by atoms with Crippen LogP contribution in [0.5, 0.6) is 17.2 Å². The number of benzene rings is 2. The molecule has 2 aromatic carbocycles. The lowest BCUT2D eigenvalue weighted by atomic mass is 10.0. The number of phenols is 1. The maximum atomic E-state index is 12.3. The van der Waals surface area contributed by atoms with Gasteiger partial charge in [-0.05, 0) is 81.0 Å². The van der Waals surface area contributed by atoms with Gasteiger partial charge >= 0.3 is 5.97 Å². The third-order valence-corrected chi connectivity index (χ3v) is 5.87. The van der Waals surface area contributed by atoms with Gasteiger partial charge in [-0.2, -0.15) is 0 Å². The molecule has 28 heavy (non-hydrogen) atoms. The molecule has 0 radical (unpaired) electrons. The highest BCUT2D eigenvalue weighted by molar-refractivity contribution is 9.11. The van der Waals surface area contributed by atoms with E-state index in [4.69, 9.17) is 4.74 Å². The van der Waals surface area contributed by atoms with E-state index in [1.807, 2.05) is 13.8 Å². The van der Waals surface area contributed by atoms with Crippen LogP contribution >= 0.6 is 31.9 Å². The van der Waals surface area contributed by atoms with Crippen molar-refractivity contribution >= 4 is 49.4 Å². The van der Waals surface area contributed by atoms with Crippen molar-refractivity contribution in [1.29, 1.82) is 0 Å². The molecule has 1 amide bonds. The zero-order valence-corrected chi connectivity index (χ0v) is 18.4. The predicted octanol–water partition coefficient (Wildman–Crippen LogP) is 5.64. The molecule has 1 aliphatic carbocycles. The van der Waals surface area contributed by atoms with Gasteiger partial charge in [0.1, 0.15) is 16.9 Å². The van der Waals surface area contributed by atoms with E-state index < -0.39 is 17.3 Å². The lowest BCUT2D eigenvalue weighted by Crippen LogP contribution is -2.31. The fourth-order valence-electron chi connectivity index (χ4n) is 2.82. The molecule has 1 aliphatic rings. The smallest absolute Gasteiger partial charge is 0.319 e. The fourth-order valence-corrected chi connectivity index (χ4v) is 4.17. The van der Waals surface area contributed by atoms with E-state index in [1.165, 1.54) is 0 Å². The molecular weight excluding hydrogens is 494 g/mol. The number of ether oxygens (including phenoxy) is 1. The Morgan fingerprint density at radius 2 is 1.75 bits per heavy atom. The Morgan fingerprint density at radius 1 is 1.14 bits per heavy atom. The molecule has 8 heteroatoms. The molecule has 148 valence electrons. The standard InChI is InChI=1S/C20H19Br2NO5/c1-10(2)13-9-12(3-4-16(13)24)28-17-14(21)7-11(8-15(17)22)23-18(25)20(5-6-20)19(26)27/h3-4,7-10,24H,5-6H2,1-2H3,(H,23,25)(H,26,27). The van der Waals surface area contributed by atoms with Crippen LogP contribution < -0.4 is 10.1 Å². The Kier molecular flexibility index (Phi) is 5.72. The van der Waals surface area contributed by atoms with Crippen LogP contribution in [-0.4, -0.2) is 22.1 Å². The molecule has 0 atom stereocenters. The molecule has 0 bridgehead atoms. The summed E-state index contributed by atoms with van der Waals surface area (Å²) >= 11 is 6.86. The van der Waals surface area contributed by atoms with Crippen LogP contribution in [0.1, 0.15) is 38.2 Å². The summed E-state index contributed by atoms with van der Waals surface area (Å²) in [5.41, 5.74) is -0.0813. The number of carbonyl (C=O) groups excluding carboxylic acids is 1. The number of hydrogen-bond acceptors (Lipinski definition) is 4. The first-order valence-electron chi connectivity index (χ1n) is 8.68. The maximum Gasteiger partial charge on any atom is 0.319 e. The van der Waals surface area contributed by atoms with Gasteiger partial charge < -0.3 is 20.3 Å². The first-order chi connectivity index (χ1) is 13.1. The van der Waals surface area contributed by atoms with Crippen LogP contribution in [0.3, 0.4) is 0 Å². The Morgan fingerprint density at radius 3 is 2.25 bits per heavy atom. The van der Waals surface area contributed by atoms with Crippen molar-refractivity contribution in [1.82, 2.24) is 0 Å². The number of phenolic OH excluding ortho intramolecular Hbond substituents is 1. The van der Waals surface area contributed by atoms with E-state index in [2.05, 4.69) is 37.2 Å².